The number of likely N-dealkylation sites (tertiary alicyclic amines) is 1. The van der Waals surface area contributed by atoms with Gasteiger partial charge in [-0.2, -0.15) is 8.78 Å². The largest absolute Gasteiger partial charge is 0.481 e. The fourth-order valence-corrected chi connectivity index (χ4v) is 4.44. The Hall–Kier alpha value is -2.02. The minimum Gasteiger partial charge on any atom is -0.481 e. The number of carbonyl (C=O) groups is 2. The maximum Gasteiger partial charge on any atom is 0.326 e. The van der Waals surface area contributed by atoms with E-state index in [4.69, 9.17) is 5.11 Å². The van der Waals surface area contributed by atoms with Crippen LogP contribution in [0.15, 0.2) is 30.3 Å². The molecule has 1 amide bonds. The number of benzene rings is 1. The molecule has 180 valence electrons. The second kappa shape index (κ2) is 12.9. The Bertz CT molecular complexity index is 713. The summed E-state index contributed by atoms with van der Waals surface area (Å²) in [6, 6.07) is 9.61. The van der Waals surface area contributed by atoms with Gasteiger partial charge in [0.2, 0.25) is 0 Å². The molecule has 1 fully saturated rings. The summed E-state index contributed by atoms with van der Waals surface area (Å²) in [5, 5.41) is 19.2. The van der Waals surface area contributed by atoms with Gasteiger partial charge in [-0.05, 0) is 56.4 Å². The third kappa shape index (κ3) is 8.49. The van der Waals surface area contributed by atoms with Crippen LogP contribution in [0.5, 0.6) is 0 Å². The lowest BCUT2D eigenvalue weighted by atomic mass is 9.92. The number of aryl methyl sites for hydroxylation is 1. The Morgan fingerprint density at radius 2 is 1.81 bits per heavy atom. The number of unbranched alkanes of at least 4 members (excludes halogenated alkanes) is 3. The van der Waals surface area contributed by atoms with Crippen molar-refractivity contribution in [3.05, 3.63) is 35.9 Å². The fourth-order valence-electron chi connectivity index (χ4n) is 4.44. The molecule has 0 aromatic heterocycles. The first-order valence-corrected chi connectivity index (χ1v) is 11.8. The van der Waals surface area contributed by atoms with Gasteiger partial charge in [-0.1, -0.05) is 50.1 Å². The molecule has 1 aromatic rings. The zero-order valence-corrected chi connectivity index (χ0v) is 19.0. The van der Waals surface area contributed by atoms with Gasteiger partial charge in [-0.3, -0.25) is 9.59 Å². The highest BCUT2D eigenvalue weighted by Crippen LogP contribution is 2.36. The van der Waals surface area contributed by atoms with Crippen LogP contribution in [0.3, 0.4) is 0 Å². The van der Waals surface area contributed by atoms with Crippen molar-refractivity contribution in [2.75, 3.05) is 6.54 Å². The van der Waals surface area contributed by atoms with Crippen LogP contribution in [0.4, 0.5) is 8.78 Å². The van der Waals surface area contributed by atoms with Gasteiger partial charge in [-0.15, -0.1) is 0 Å². The number of rotatable bonds is 15. The van der Waals surface area contributed by atoms with Crippen LogP contribution in [-0.4, -0.2) is 51.6 Å². The average molecular weight is 454 g/mol. The van der Waals surface area contributed by atoms with Gasteiger partial charge in [0.25, 0.3) is 5.91 Å². The molecule has 3 atom stereocenters. The number of carboxylic acid groups (broad SMARTS) is 1. The normalized spacial score (nSPS) is 19.8. The Balaban J connectivity index is 1.74. The highest BCUT2D eigenvalue weighted by molar-refractivity contribution is 5.86. The van der Waals surface area contributed by atoms with Crippen LogP contribution in [0.2, 0.25) is 0 Å². The van der Waals surface area contributed by atoms with E-state index in [2.05, 4.69) is 12.1 Å². The summed E-state index contributed by atoms with van der Waals surface area (Å²) in [5.74, 6) is -5.22. The molecule has 1 aliphatic rings. The highest BCUT2D eigenvalue weighted by Gasteiger charge is 2.52. The number of carboxylic acids is 1. The van der Waals surface area contributed by atoms with Crippen molar-refractivity contribution in [1.82, 2.24) is 4.90 Å². The molecule has 1 heterocycles. The molecule has 0 unspecified atom stereocenters. The van der Waals surface area contributed by atoms with Crippen LogP contribution in [0.1, 0.15) is 76.7 Å². The monoisotopic (exact) mass is 453 g/mol. The molecule has 0 radical (unpaired) electrons. The molecule has 0 saturated carbocycles. The number of aliphatic hydroxyl groups is 1. The van der Waals surface area contributed by atoms with E-state index >= 15 is 0 Å². The van der Waals surface area contributed by atoms with Gasteiger partial charge in [0.15, 0.2) is 0 Å². The van der Waals surface area contributed by atoms with Crippen LogP contribution in [0.25, 0.3) is 0 Å². The van der Waals surface area contributed by atoms with Gasteiger partial charge in [0, 0.05) is 25.4 Å². The molecule has 0 bridgehead atoms. The Morgan fingerprint density at radius 3 is 2.50 bits per heavy atom. The molecule has 32 heavy (non-hydrogen) atoms. The molecule has 0 spiro atoms. The van der Waals surface area contributed by atoms with E-state index in [0.717, 1.165) is 19.3 Å². The summed E-state index contributed by atoms with van der Waals surface area (Å²) in [7, 11) is 0. The van der Waals surface area contributed by atoms with Gasteiger partial charge < -0.3 is 15.1 Å². The Morgan fingerprint density at radius 1 is 1.12 bits per heavy atom. The summed E-state index contributed by atoms with van der Waals surface area (Å²) in [6.07, 6.45) is 5.10. The van der Waals surface area contributed by atoms with E-state index in [-0.39, 0.29) is 18.9 Å². The van der Waals surface area contributed by atoms with Gasteiger partial charge in [0.1, 0.15) is 0 Å². The molecule has 5 nitrogen and oxygen atoms in total. The number of alkyl halides is 2. The molecule has 0 aliphatic carbocycles. The number of aliphatic carboxylic acids is 1. The Kier molecular flexibility index (Phi) is 10.6. The van der Waals surface area contributed by atoms with Crippen molar-refractivity contribution >= 4 is 11.9 Å². The summed E-state index contributed by atoms with van der Waals surface area (Å²) < 4.78 is 28.1. The second-order valence-electron chi connectivity index (χ2n) is 9.12. The molecule has 7 heteroatoms. The van der Waals surface area contributed by atoms with Crippen molar-refractivity contribution < 1.29 is 28.6 Å². The quantitative estimate of drug-likeness (QED) is 0.364. The van der Waals surface area contributed by atoms with E-state index in [9.17, 15) is 23.5 Å². The lowest BCUT2D eigenvalue weighted by Crippen LogP contribution is -2.37. The molecule has 2 rings (SSSR count). The van der Waals surface area contributed by atoms with Crippen molar-refractivity contribution in [3.63, 3.8) is 0 Å². The lowest BCUT2D eigenvalue weighted by Gasteiger charge is -2.26. The van der Waals surface area contributed by atoms with Crippen molar-refractivity contribution in [2.45, 2.75) is 95.6 Å². The van der Waals surface area contributed by atoms with Crippen LogP contribution >= 0.6 is 0 Å². The van der Waals surface area contributed by atoms with Crippen molar-refractivity contribution in [2.24, 2.45) is 5.92 Å². The van der Waals surface area contributed by atoms with E-state index < -0.39 is 36.4 Å². The van der Waals surface area contributed by atoms with Gasteiger partial charge in [0.05, 0.1) is 6.10 Å². The highest BCUT2D eigenvalue weighted by atomic mass is 19.3. The van der Waals surface area contributed by atoms with E-state index in [1.54, 1.807) is 0 Å². The third-order valence-electron chi connectivity index (χ3n) is 6.47. The summed E-state index contributed by atoms with van der Waals surface area (Å²) in [4.78, 5) is 24.0. The number of nitrogens with zero attached hydrogens (tertiary/aromatic N) is 1. The standard InChI is InChI=1S/C25H37F2NO4/c1-19(10-9-13-20-11-5-4-6-12-20)22(29)16-15-21-18-25(26,27)24(32)28(21)17-8-3-2-7-14-23(30)31/h4-6,11-12,19,21-22,29H,2-3,7-10,13-18H2,1H3,(H,30,31)/t19-,21+,22-/m1/s1. The van der Waals surface area contributed by atoms with Crippen molar-refractivity contribution in [1.29, 1.82) is 0 Å². The smallest absolute Gasteiger partial charge is 0.326 e. The number of hydrogen-bond acceptors (Lipinski definition) is 3. The molecular weight excluding hydrogens is 416 g/mol. The second-order valence-corrected chi connectivity index (χ2v) is 9.12. The molecule has 2 N–H and O–H groups in total. The zero-order valence-electron chi connectivity index (χ0n) is 19.0. The first-order valence-electron chi connectivity index (χ1n) is 11.8. The number of carbonyl (C=O) groups excluding carboxylic acids is 1. The van der Waals surface area contributed by atoms with E-state index in [0.29, 0.717) is 38.5 Å². The molecule has 1 aliphatic heterocycles. The zero-order chi connectivity index (χ0) is 23.6. The summed E-state index contributed by atoms with van der Waals surface area (Å²) in [5.41, 5.74) is 1.26. The third-order valence-corrected chi connectivity index (χ3v) is 6.47. The topological polar surface area (TPSA) is 77.8 Å². The first kappa shape index (κ1) is 26.2. The summed E-state index contributed by atoms with van der Waals surface area (Å²) >= 11 is 0. The van der Waals surface area contributed by atoms with Gasteiger partial charge >= 0.3 is 11.9 Å². The minimum atomic E-state index is -3.33. The number of amides is 1. The number of hydrogen-bond donors (Lipinski definition) is 2. The average Bonchev–Trinajstić information content (AvgIpc) is 2.97. The predicted octanol–water partition coefficient (Wildman–Crippen LogP) is 5.06. The lowest BCUT2D eigenvalue weighted by molar-refractivity contribution is -0.148. The fraction of sp³-hybridized carbons (Fsp3) is 0.680. The summed E-state index contributed by atoms with van der Waals surface area (Å²) in [6.45, 7) is 2.24. The Labute approximate surface area is 189 Å². The molecule has 1 aromatic carbocycles. The van der Waals surface area contributed by atoms with Gasteiger partial charge in [-0.25, -0.2) is 0 Å². The van der Waals surface area contributed by atoms with Crippen LogP contribution in [-0.2, 0) is 16.0 Å². The van der Waals surface area contributed by atoms with E-state index in [1.165, 1.54) is 10.5 Å². The molecular formula is C25H37F2NO4. The number of aliphatic hydroxyl groups excluding tert-OH is 1. The maximum absolute atomic E-state index is 14.0. The van der Waals surface area contributed by atoms with Crippen molar-refractivity contribution in [3.8, 4) is 0 Å². The molecule has 1 saturated heterocycles. The van der Waals surface area contributed by atoms with Crippen LogP contribution < -0.4 is 0 Å². The SMILES string of the molecule is C[C@H](CCCc1ccccc1)[C@H](O)CC[C@H]1CC(F)(F)C(=O)N1CCCCCCC(=O)O. The number of halogens is 2. The van der Waals surface area contributed by atoms with Crippen LogP contribution in [0, 0.1) is 5.92 Å². The predicted molar refractivity (Wildman–Crippen MR) is 120 cm³/mol. The maximum atomic E-state index is 14.0. The minimum absolute atomic E-state index is 0.0685. The first-order chi connectivity index (χ1) is 15.2. The van der Waals surface area contributed by atoms with E-state index in [1.807, 2.05) is 25.1 Å².